The minimum absolute atomic E-state index is 0.00144. The number of hydrogen-bond donors (Lipinski definition) is 0. The van der Waals surface area contributed by atoms with Crippen molar-refractivity contribution < 1.29 is 21.6 Å². The summed E-state index contributed by atoms with van der Waals surface area (Å²) in [6.45, 7) is 7.23. The fourth-order valence-electron chi connectivity index (χ4n) is 3.01. The lowest BCUT2D eigenvalue weighted by molar-refractivity contribution is -0.137. The minimum atomic E-state index is -4.56. The molecule has 1 atom stereocenters. The molecule has 2 aromatic carbocycles. The maximum atomic E-state index is 13.2. The Morgan fingerprint density at radius 1 is 1.04 bits per heavy atom. The van der Waals surface area contributed by atoms with E-state index >= 15 is 0 Å². The lowest BCUT2D eigenvalue weighted by Gasteiger charge is -2.17. The highest BCUT2D eigenvalue weighted by molar-refractivity contribution is 7.90. The van der Waals surface area contributed by atoms with Crippen molar-refractivity contribution >= 4 is 27.0 Å². The van der Waals surface area contributed by atoms with Crippen LogP contribution in [0.3, 0.4) is 0 Å². The van der Waals surface area contributed by atoms with Crippen molar-refractivity contribution in [3.8, 4) is 0 Å². The highest BCUT2D eigenvalue weighted by atomic mass is 32.2. The number of hydrogen-bond acceptors (Lipinski definition) is 2. The third-order valence-electron chi connectivity index (χ3n) is 4.30. The van der Waals surface area contributed by atoms with E-state index in [1.165, 1.54) is 18.3 Å². The molecule has 0 bridgehead atoms. The Kier molecular flexibility index (Phi) is 4.73. The van der Waals surface area contributed by atoms with Gasteiger partial charge in [0, 0.05) is 11.6 Å². The number of fused-ring (bicyclic) bond motifs is 1. The van der Waals surface area contributed by atoms with E-state index in [0.717, 1.165) is 27.7 Å². The third-order valence-corrected chi connectivity index (χ3v) is 6.28. The SMILES string of the molecule is C=Cc1cccc2c1ccn2S(=O)(=O)C(C=C)c1cccc(C(F)(F)F)c1. The van der Waals surface area contributed by atoms with Gasteiger partial charge >= 0.3 is 6.18 Å². The molecule has 3 aromatic rings. The van der Waals surface area contributed by atoms with Crippen molar-refractivity contribution in [3.05, 3.63) is 90.7 Å². The molecule has 0 saturated carbocycles. The van der Waals surface area contributed by atoms with Crippen molar-refractivity contribution in [2.75, 3.05) is 0 Å². The van der Waals surface area contributed by atoms with Gasteiger partial charge in [-0.05, 0) is 29.3 Å². The monoisotopic (exact) mass is 391 g/mol. The molecule has 0 N–H and O–H groups in total. The van der Waals surface area contributed by atoms with Crippen LogP contribution in [0, 0.1) is 0 Å². The zero-order chi connectivity index (χ0) is 19.8. The summed E-state index contributed by atoms with van der Waals surface area (Å²) >= 11 is 0. The molecule has 7 heteroatoms. The van der Waals surface area contributed by atoms with Crippen LogP contribution in [0.1, 0.15) is 21.9 Å². The van der Waals surface area contributed by atoms with E-state index in [2.05, 4.69) is 13.2 Å². The van der Waals surface area contributed by atoms with Gasteiger partial charge in [-0.15, -0.1) is 6.58 Å². The van der Waals surface area contributed by atoms with Crippen molar-refractivity contribution in [1.82, 2.24) is 3.97 Å². The number of halogens is 3. The van der Waals surface area contributed by atoms with Gasteiger partial charge in [-0.2, -0.15) is 13.2 Å². The first kappa shape index (κ1) is 19.0. The largest absolute Gasteiger partial charge is 0.416 e. The molecule has 0 fully saturated rings. The molecule has 1 aromatic heterocycles. The van der Waals surface area contributed by atoms with Gasteiger partial charge < -0.3 is 0 Å². The standard InChI is InChI=1S/C20H16F3NO2S/c1-3-14-7-6-10-18-17(14)11-12-24(18)27(25,26)19(4-2)15-8-5-9-16(13-15)20(21,22)23/h3-13,19H,1-2H2. The van der Waals surface area contributed by atoms with E-state index in [9.17, 15) is 21.6 Å². The van der Waals surface area contributed by atoms with E-state index in [1.54, 1.807) is 30.3 Å². The van der Waals surface area contributed by atoms with E-state index in [4.69, 9.17) is 0 Å². The summed E-state index contributed by atoms with van der Waals surface area (Å²) in [5, 5.41) is -0.647. The lowest BCUT2D eigenvalue weighted by Crippen LogP contribution is -2.19. The van der Waals surface area contributed by atoms with Crippen LogP contribution in [0.4, 0.5) is 13.2 Å². The zero-order valence-corrected chi connectivity index (χ0v) is 15.0. The molecule has 0 aliphatic rings. The average Bonchev–Trinajstić information content (AvgIpc) is 3.06. The second kappa shape index (κ2) is 6.74. The number of nitrogens with zero attached hydrogens (tertiary/aromatic N) is 1. The fourth-order valence-corrected chi connectivity index (χ4v) is 4.65. The lowest BCUT2D eigenvalue weighted by atomic mass is 10.1. The number of benzene rings is 2. The molecule has 0 aliphatic carbocycles. The quantitative estimate of drug-likeness (QED) is 0.546. The zero-order valence-electron chi connectivity index (χ0n) is 14.1. The highest BCUT2D eigenvalue weighted by Gasteiger charge is 2.33. The van der Waals surface area contributed by atoms with Crippen molar-refractivity contribution in [1.29, 1.82) is 0 Å². The van der Waals surface area contributed by atoms with Crippen molar-refractivity contribution in [2.24, 2.45) is 0 Å². The minimum Gasteiger partial charge on any atom is -0.244 e. The van der Waals surface area contributed by atoms with Gasteiger partial charge in [-0.25, -0.2) is 12.4 Å². The first-order valence-corrected chi connectivity index (χ1v) is 9.47. The highest BCUT2D eigenvalue weighted by Crippen LogP contribution is 2.34. The number of alkyl halides is 3. The molecular weight excluding hydrogens is 375 g/mol. The Morgan fingerprint density at radius 2 is 1.74 bits per heavy atom. The number of rotatable bonds is 5. The third kappa shape index (κ3) is 3.30. The van der Waals surface area contributed by atoms with Crippen molar-refractivity contribution in [3.63, 3.8) is 0 Å². The summed E-state index contributed by atoms with van der Waals surface area (Å²) in [6.07, 6.45) is -0.438. The molecule has 1 unspecified atom stereocenters. The Hall–Kier alpha value is -2.80. The van der Waals surface area contributed by atoms with Crippen LogP contribution in [0.25, 0.3) is 17.0 Å². The van der Waals surface area contributed by atoms with Gasteiger partial charge in [0.15, 0.2) is 0 Å². The van der Waals surface area contributed by atoms with Gasteiger partial charge in [0.1, 0.15) is 5.25 Å². The maximum Gasteiger partial charge on any atom is 0.416 e. The van der Waals surface area contributed by atoms with Crippen LogP contribution < -0.4 is 0 Å². The van der Waals surface area contributed by atoms with Crippen LogP contribution in [-0.4, -0.2) is 12.4 Å². The van der Waals surface area contributed by atoms with Gasteiger partial charge in [0.2, 0.25) is 10.0 Å². The Labute approximate surface area is 155 Å². The molecule has 0 saturated heterocycles. The van der Waals surface area contributed by atoms with E-state index in [-0.39, 0.29) is 5.56 Å². The fraction of sp³-hybridized carbons (Fsp3) is 0.100. The van der Waals surface area contributed by atoms with Gasteiger partial charge in [0.25, 0.3) is 0 Å². The van der Waals surface area contributed by atoms with Crippen LogP contribution in [0.2, 0.25) is 0 Å². The normalized spacial score (nSPS) is 13.4. The molecule has 3 rings (SSSR count). The molecule has 3 nitrogen and oxygen atoms in total. The maximum absolute atomic E-state index is 13.2. The van der Waals surface area contributed by atoms with Gasteiger partial charge in [-0.1, -0.05) is 49.1 Å². The Morgan fingerprint density at radius 3 is 2.37 bits per heavy atom. The summed E-state index contributed by atoms with van der Waals surface area (Å²) in [5.41, 5.74) is 0.275. The smallest absolute Gasteiger partial charge is 0.244 e. The number of aromatic nitrogens is 1. The summed E-state index contributed by atoms with van der Waals surface area (Å²) in [7, 11) is -4.08. The van der Waals surface area contributed by atoms with Crippen molar-refractivity contribution in [2.45, 2.75) is 11.4 Å². The molecule has 27 heavy (non-hydrogen) atoms. The van der Waals surface area contributed by atoms with Crippen LogP contribution >= 0.6 is 0 Å². The summed E-state index contributed by atoms with van der Waals surface area (Å²) < 4.78 is 66.5. The van der Waals surface area contributed by atoms with Gasteiger partial charge in [-0.3, -0.25) is 0 Å². The second-order valence-electron chi connectivity index (χ2n) is 5.92. The molecular formula is C20H16F3NO2S. The molecule has 1 heterocycles. The molecule has 0 radical (unpaired) electrons. The average molecular weight is 391 g/mol. The second-order valence-corrected chi connectivity index (χ2v) is 7.85. The summed E-state index contributed by atoms with van der Waals surface area (Å²) in [5.74, 6) is 0. The molecule has 0 amide bonds. The summed E-state index contributed by atoms with van der Waals surface area (Å²) in [4.78, 5) is 0. The molecule has 0 aliphatic heterocycles. The van der Waals surface area contributed by atoms with E-state index in [1.807, 2.05) is 0 Å². The van der Waals surface area contributed by atoms with Crippen LogP contribution in [0.5, 0.6) is 0 Å². The molecule has 0 spiro atoms. The first-order valence-electron chi connectivity index (χ1n) is 7.96. The summed E-state index contributed by atoms with van der Waals surface area (Å²) in [6, 6.07) is 11.0. The van der Waals surface area contributed by atoms with E-state index < -0.39 is 27.0 Å². The van der Waals surface area contributed by atoms with E-state index in [0.29, 0.717) is 10.9 Å². The Balaban J connectivity index is 2.16. The first-order chi connectivity index (χ1) is 12.7. The van der Waals surface area contributed by atoms with Crippen LogP contribution in [0.15, 0.2) is 74.0 Å². The Bertz CT molecular complexity index is 1130. The van der Waals surface area contributed by atoms with Crippen LogP contribution in [-0.2, 0) is 16.2 Å². The predicted molar refractivity (Wildman–Crippen MR) is 101 cm³/mol. The molecule has 140 valence electrons. The predicted octanol–water partition coefficient (Wildman–Crippen LogP) is 5.41. The van der Waals surface area contributed by atoms with Gasteiger partial charge in [0.05, 0.1) is 11.1 Å². The topological polar surface area (TPSA) is 39.1 Å².